The minimum atomic E-state index is 0.433. The Labute approximate surface area is 128 Å². The van der Waals surface area contributed by atoms with Crippen molar-refractivity contribution in [3.8, 4) is 0 Å². The van der Waals surface area contributed by atoms with E-state index in [1.54, 1.807) is 0 Å². The number of nitrogens with zero attached hydrogens (tertiary/aromatic N) is 2. The van der Waals surface area contributed by atoms with Crippen molar-refractivity contribution in [1.82, 2.24) is 4.98 Å². The third kappa shape index (κ3) is 4.44. The van der Waals surface area contributed by atoms with Crippen LogP contribution >= 0.6 is 12.2 Å². The Morgan fingerprint density at radius 2 is 1.70 bits per heavy atom. The monoisotopic (exact) mass is 293 g/mol. The summed E-state index contributed by atoms with van der Waals surface area (Å²) in [7, 11) is 0. The summed E-state index contributed by atoms with van der Waals surface area (Å²) in [4.78, 5) is 7.48. The van der Waals surface area contributed by atoms with Gasteiger partial charge in [0.2, 0.25) is 0 Å². The normalized spacial score (nSPS) is 11.2. The minimum absolute atomic E-state index is 0.433. The summed E-state index contributed by atoms with van der Waals surface area (Å²) >= 11 is 5.24. The first-order chi connectivity index (χ1) is 9.22. The van der Waals surface area contributed by atoms with Gasteiger partial charge in [-0.3, -0.25) is 0 Å². The molecule has 1 heterocycles. The smallest absolute Gasteiger partial charge is 0.139 e. The van der Waals surface area contributed by atoms with Crippen molar-refractivity contribution in [3.05, 3.63) is 22.9 Å². The van der Waals surface area contributed by atoms with E-state index in [-0.39, 0.29) is 0 Å². The van der Waals surface area contributed by atoms with E-state index in [9.17, 15) is 0 Å². The van der Waals surface area contributed by atoms with Crippen LogP contribution in [0.1, 0.15) is 44.5 Å². The van der Waals surface area contributed by atoms with Crippen LogP contribution in [0.3, 0.4) is 0 Å². The molecular formula is C16H27N3S. The average Bonchev–Trinajstić information content (AvgIpc) is 2.24. The number of rotatable bonds is 6. The van der Waals surface area contributed by atoms with Crippen LogP contribution < -0.4 is 10.6 Å². The first-order valence-electron chi connectivity index (χ1n) is 7.25. The zero-order valence-electron chi connectivity index (χ0n) is 13.5. The molecule has 112 valence electrons. The van der Waals surface area contributed by atoms with Crippen LogP contribution in [-0.4, -0.2) is 23.1 Å². The summed E-state index contributed by atoms with van der Waals surface area (Å²) < 4.78 is 0. The molecule has 0 fully saturated rings. The molecule has 0 saturated carbocycles. The topological polar surface area (TPSA) is 42.1 Å². The van der Waals surface area contributed by atoms with Gasteiger partial charge in [0.05, 0.1) is 5.56 Å². The number of anilines is 1. The van der Waals surface area contributed by atoms with Gasteiger partial charge in [-0.05, 0) is 37.3 Å². The summed E-state index contributed by atoms with van der Waals surface area (Å²) in [6, 6.07) is 2.04. The lowest BCUT2D eigenvalue weighted by atomic mass is 10.1. The summed E-state index contributed by atoms with van der Waals surface area (Å²) in [6.45, 7) is 14.9. The molecule has 1 aromatic heterocycles. The maximum Gasteiger partial charge on any atom is 0.139 e. The molecule has 0 atom stereocenters. The second-order valence-electron chi connectivity index (χ2n) is 6.34. The molecule has 4 heteroatoms. The fourth-order valence-electron chi connectivity index (χ4n) is 2.48. The molecule has 0 radical (unpaired) electrons. The van der Waals surface area contributed by atoms with E-state index in [0.29, 0.717) is 16.8 Å². The van der Waals surface area contributed by atoms with E-state index in [2.05, 4.69) is 39.5 Å². The van der Waals surface area contributed by atoms with Crippen LogP contribution in [0.25, 0.3) is 0 Å². The van der Waals surface area contributed by atoms with Crippen LogP contribution in [0, 0.1) is 25.7 Å². The molecule has 1 aromatic rings. The van der Waals surface area contributed by atoms with Gasteiger partial charge >= 0.3 is 0 Å². The van der Waals surface area contributed by atoms with Gasteiger partial charge in [-0.1, -0.05) is 39.9 Å². The zero-order valence-corrected chi connectivity index (χ0v) is 14.3. The number of aromatic nitrogens is 1. The van der Waals surface area contributed by atoms with Crippen molar-refractivity contribution in [2.45, 2.75) is 41.5 Å². The van der Waals surface area contributed by atoms with Gasteiger partial charge in [0.25, 0.3) is 0 Å². The summed E-state index contributed by atoms with van der Waals surface area (Å²) in [5.41, 5.74) is 8.97. The van der Waals surface area contributed by atoms with Crippen molar-refractivity contribution in [2.24, 2.45) is 17.6 Å². The van der Waals surface area contributed by atoms with Crippen molar-refractivity contribution >= 4 is 23.0 Å². The van der Waals surface area contributed by atoms with E-state index in [1.165, 1.54) is 0 Å². The molecule has 2 N–H and O–H groups in total. The van der Waals surface area contributed by atoms with E-state index in [1.807, 2.05) is 13.0 Å². The van der Waals surface area contributed by atoms with Crippen LogP contribution in [-0.2, 0) is 0 Å². The maximum atomic E-state index is 5.93. The van der Waals surface area contributed by atoms with Gasteiger partial charge in [0, 0.05) is 18.8 Å². The molecule has 0 aromatic carbocycles. The van der Waals surface area contributed by atoms with Crippen LogP contribution in [0.5, 0.6) is 0 Å². The van der Waals surface area contributed by atoms with E-state index in [0.717, 1.165) is 35.7 Å². The fraction of sp³-hybridized carbons (Fsp3) is 0.625. The third-order valence-electron chi connectivity index (χ3n) is 3.04. The highest BCUT2D eigenvalue weighted by molar-refractivity contribution is 7.80. The second kappa shape index (κ2) is 7.02. The molecule has 0 aliphatic rings. The Morgan fingerprint density at radius 1 is 1.20 bits per heavy atom. The highest BCUT2D eigenvalue weighted by atomic mass is 32.1. The molecule has 20 heavy (non-hydrogen) atoms. The molecule has 0 unspecified atom stereocenters. The molecule has 0 amide bonds. The second-order valence-corrected chi connectivity index (χ2v) is 6.78. The largest absolute Gasteiger partial charge is 0.389 e. The lowest BCUT2D eigenvalue weighted by Crippen LogP contribution is -2.34. The molecule has 0 aliphatic carbocycles. The first kappa shape index (κ1) is 16.9. The summed E-state index contributed by atoms with van der Waals surface area (Å²) in [6.07, 6.45) is 0. The molecule has 0 bridgehead atoms. The Hall–Kier alpha value is -1.16. The zero-order chi connectivity index (χ0) is 15.4. The van der Waals surface area contributed by atoms with Gasteiger partial charge in [0.1, 0.15) is 10.8 Å². The van der Waals surface area contributed by atoms with Gasteiger partial charge < -0.3 is 10.6 Å². The van der Waals surface area contributed by atoms with Crippen molar-refractivity contribution in [1.29, 1.82) is 0 Å². The predicted octanol–water partition coefficient (Wildman–Crippen LogP) is 3.45. The molecule has 0 aliphatic heterocycles. The highest BCUT2D eigenvalue weighted by Crippen LogP contribution is 2.24. The molecule has 3 nitrogen and oxygen atoms in total. The Bertz CT molecular complexity index is 471. The predicted molar refractivity (Wildman–Crippen MR) is 91.5 cm³/mol. The summed E-state index contributed by atoms with van der Waals surface area (Å²) in [5, 5.41) is 0. The van der Waals surface area contributed by atoms with E-state index in [4.69, 9.17) is 22.9 Å². The van der Waals surface area contributed by atoms with Gasteiger partial charge in [0.15, 0.2) is 0 Å². The molecule has 0 spiro atoms. The van der Waals surface area contributed by atoms with E-state index >= 15 is 0 Å². The first-order valence-corrected chi connectivity index (χ1v) is 7.66. The Balaban J connectivity index is 3.33. The van der Waals surface area contributed by atoms with Gasteiger partial charge in [-0.15, -0.1) is 0 Å². The quantitative estimate of drug-likeness (QED) is 0.816. The van der Waals surface area contributed by atoms with E-state index < -0.39 is 0 Å². The SMILES string of the molecule is Cc1cc(C)c(C(N)=S)c(N(CC(C)C)CC(C)C)n1. The number of hydrogen-bond acceptors (Lipinski definition) is 3. The number of thiocarbonyl (C=S) groups is 1. The van der Waals surface area contributed by atoms with Crippen molar-refractivity contribution in [2.75, 3.05) is 18.0 Å². The lowest BCUT2D eigenvalue weighted by molar-refractivity contribution is 0.548. The summed E-state index contributed by atoms with van der Waals surface area (Å²) in [5.74, 6) is 2.07. The molecule has 1 rings (SSSR count). The average molecular weight is 293 g/mol. The van der Waals surface area contributed by atoms with Crippen LogP contribution in [0.4, 0.5) is 5.82 Å². The maximum absolute atomic E-state index is 5.93. The molecule has 0 saturated heterocycles. The van der Waals surface area contributed by atoms with Crippen molar-refractivity contribution in [3.63, 3.8) is 0 Å². The molecular weight excluding hydrogens is 266 g/mol. The number of aryl methyl sites for hydroxylation is 2. The minimum Gasteiger partial charge on any atom is -0.389 e. The number of pyridine rings is 1. The Morgan fingerprint density at radius 3 is 2.10 bits per heavy atom. The van der Waals surface area contributed by atoms with Crippen LogP contribution in [0.2, 0.25) is 0 Å². The Kier molecular flexibility index (Phi) is 5.93. The number of nitrogens with two attached hydrogens (primary N) is 1. The number of hydrogen-bond donors (Lipinski definition) is 1. The third-order valence-corrected chi connectivity index (χ3v) is 3.25. The van der Waals surface area contributed by atoms with Gasteiger partial charge in [-0.25, -0.2) is 4.98 Å². The highest BCUT2D eigenvalue weighted by Gasteiger charge is 2.19. The van der Waals surface area contributed by atoms with Crippen molar-refractivity contribution < 1.29 is 0 Å². The lowest BCUT2D eigenvalue weighted by Gasteiger charge is -2.30. The fourth-order valence-corrected chi connectivity index (χ4v) is 2.73. The van der Waals surface area contributed by atoms with Gasteiger partial charge in [-0.2, -0.15) is 0 Å². The van der Waals surface area contributed by atoms with Crippen LogP contribution in [0.15, 0.2) is 6.07 Å². The standard InChI is InChI=1S/C16H27N3S/c1-10(2)8-19(9-11(3)4)16-14(15(17)20)12(5)7-13(6)18-16/h7,10-11H,8-9H2,1-6H3,(H2,17,20).